The smallest absolute Gasteiger partial charge is 0.272 e. The van der Waals surface area contributed by atoms with Crippen molar-refractivity contribution in [3.8, 4) is 17.0 Å². The molecule has 0 aliphatic rings. The average molecular weight is 694 g/mol. The molecule has 0 fully saturated rings. The number of carbonyl (C=O) groups excluding carboxylic acids is 3. The fourth-order valence-electron chi connectivity index (χ4n) is 4.49. The minimum absolute atomic E-state index is 0.0386. The van der Waals surface area contributed by atoms with Crippen LogP contribution in [0.3, 0.4) is 0 Å². The number of nitro benzene ring substituents is 1. The van der Waals surface area contributed by atoms with Crippen LogP contribution in [0.5, 0.6) is 5.75 Å². The van der Waals surface area contributed by atoms with Crippen LogP contribution < -0.4 is 20.7 Å². The number of benzene rings is 4. The van der Waals surface area contributed by atoms with E-state index in [-0.39, 0.29) is 17.3 Å². The van der Waals surface area contributed by atoms with E-state index in [4.69, 9.17) is 4.74 Å². The van der Waals surface area contributed by atoms with Gasteiger partial charge in [-0.3, -0.25) is 24.5 Å². The van der Waals surface area contributed by atoms with Gasteiger partial charge in [0.25, 0.3) is 17.5 Å². The summed E-state index contributed by atoms with van der Waals surface area (Å²) in [7, 11) is 0. The highest BCUT2D eigenvalue weighted by Gasteiger charge is 2.19. The minimum atomic E-state index is -0.533. The zero-order valence-corrected chi connectivity index (χ0v) is 28.0. The van der Waals surface area contributed by atoms with Gasteiger partial charge in [0.15, 0.2) is 5.13 Å². The molecule has 13 heteroatoms. The molecule has 0 spiro atoms. The van der Waals surface area contributed by atoms with Crippen LogP contribution in [0.25, 0.3) is 17.3 Å². The Morgan fingerprint density at radius 2 is 1.71 bits per heavy atom. The Morgan fingerprint density at radius 1 is 0.959 bits per heavy atom. The Kier molecular flexibility index (Phi) is 11.5. The van der Waals surface area contributed by atoms with Crippen LogP contribution in [0, 0.1) is 10.1 Å². The molecule has 49 heavy (non-hydrogen) atoms. The third kappa shape index (κ3) is 9.62. The number of hydrogen-bond acceptors (Lipinski definition) is 9. The second-order valence-corrected chi connectivity index (χ2v) is 12.7. The number of aromatic nitrogens is 1. The standard InChI is InChI=1S/C36H31N5O6S2/c1-3-47-29-17-15-24(16-18-29)19-31(38-34(43)25-9-5-4-6-10-25)35(44)37-27-12-8-14-30(21-27)49-23(2)33(42)40-36-39-32(22-48-36)26-11-7-13-28(20-26)41(45)46/h4-23H,3H2,1-2H3,(H,37,44)(H,38,43)(H,39,40,42)/b31-19+. The molecule has 0 bridgehead atoms. The quantitative estimate of drug-likeness (QED) is 0.0492. The first kappa shape index (κ1) is 34.5. The molecule has 5 rings (SSSR count). The number of nitrogens with one attached hydrogen (secondary N) is 3. The third-order valence-corrected chi connectivity index (χ3v) is 8.74. The van der Waals surface area contributed by atoms with Crippen molar-refractivity contribution in [2.24, 2.45) is 0 Å². The lowest BCUT2D eigenvalue weighted by Gasteiger charge is -2.14. The number of hydrogen-bond donors (Lipinski definition) is 3. The van der Waals surface area contributed by atoms with E-state index >= 15 is 0 Å². The van der Waals surface area contributed by atoms with Crippen molar-refractivity contribution >= 4 is 63.4 Å². The molecule has 1 unspecified atom stereocenters. The lowest BCUT2D eigenvalue weighted by molar-refractivity contribution is -0.384. The van der Waals surface area contributed by atoms with Crippen LogP contribution >= 0.6 is 23.1 Å². The number of thiazole rings is 1. The van der Waals surface area contributed by atoms with Gasteiger partial charge in [-0.1, -0.05) is 48.5 Å². The summed E-state index contributed by atoms with van der Waals surface area (Å²) in [4.78, 5) is 55.4. The molecule has 3 N–H and O–H groups in total. The van der Waals surface area contributed by atoms with Crippen molar-refractivity contribution in [1.29, 1.82) is 0 Å². The number of rotatable bonds is 13. The molecule has 11 nitrogen and oxygen atoms in total. The monoisotopic (exact) mass is 693 g/mol. The molecule has 0 saturated carbocycles. The number of non-ortho nitro benzene ring substituents is 1. The topological polar surface area (TPSA) is 153 Å². The van der Waals surface area contributed by atoms with Crippen molar-refractivity contribution < 1.29 is 24.0 Å². The predicted octanol–water partition coefficient (Wildman–Crippen LogP) is 7.65. The summed E-state index contributed by atoms with van der Waals surface area (Å²) in [6, 6.07) is 28.9. The molecule has 0 radical (unpaired) electrons. The first-order valence-corrected chi connectivity index (χ1v) is 16.8. The van der Waals surface area contributed by atoms with Crippen molar-refractivity contribution in [2.45, 2.75) is 24.0 Å². The van der Waals surface area contributed by atoms with E-state index in [1.165, 1.54) is 35.2 Å². The van der Waals surface area contributed by atoms with Gasteiger partial charge < -0.3 is 20.7 Å². The highest BCUT2D eigenvalue weighted by molar-refractivity contribution is 8.00. The van der Waals surface area contributed by atoms with Gasteiger partial charge in [0.05, 0.1) is 22.5 Å². The van der Waals surface area contributed by atoms with Crippen molar-refractivity contribution in [1.82, 2.24) is 10.3 Å². The van der Waals surface area contributed by atoms with E-state index in [1.54, 1.807) is 103 Å². The average Bonchev–Trinajstić information content (AvgIpc) is 3.58. The molecule has 3 amide bonds. The number of ether oxygens (including phenoxy) is 1. The highest BCUT2D eigenvalue weighted by atomic mass is 32.2. The molecular weight excluding hydrogens is 663 g/mol. The lowest BCUT2D eigenvalue weighted by Crippen LogP contribution is -2.30. The minimum Gasteiger partial charge on any atom is -0.494 e. The molecule has 1 atom stereocenters. The lowest BCUT2D eigenvalue weighted by atomic mass is 10.1. The molecule has 5 aromatic rings. The molecule has 4 aromatic carbocycles. The second-order valence-electron chi connectivity index (χ2n) is 10.5. The number of nitrogens with zero attached hydrogens (tertiary/aromatic N) is 2. The van der Waals surface area contributed by atoms with Gasteiger partial charge in [-0.15, -0.1) is 23.1 Å². The zero-order valence-electron chi connectivity index (χ0n) is 26.4. The summed E-state index contributed by atoms with van der Waals surface area (Å²) >= 11 is 2.50. The summed E-state index contributed by atoms with van der Waals surface area (Å²) in [6.07, 6.45) is 1.58. The Balaban J connectivity index is 1.25. The van der Waals surface area contributed by atoms with Crippen LogP contribution in [0.4, 0.5) is 16.5 Å². The van der Waals surface area contributed by atoms with Crippen LogP contribution in [0.15, 0.2) is 119 Å². The predicted molar refractivity (Wildman–Crippen MR) is 193 cm³/mol. The molecular formula is C36H31N5O6S2. The fourth-order valence-corrected chi connectivity index (χ4v) is 6.14. The third-order valence-electron chi connectivity index (χ3n) is 6.89. The number of thioether (sulfide) groups is 1. The second kappa shape index (κ2) is 16.4. The molecule has 0 aliphatic carbocycles. The van der Waals surface area contributed by atoms with Gasteiger partial charge in [-0.05, 0) is 68.0 Å². The van der Waals surface area contributed by atoms with E-state index in [1.807, 2.05) is 13.0 Å². The van der Waals surface area contributed by atoms with E-state index < -0.39 is 22.0 Å². The van der Waals surface area contributed by atoms with Gasteiger partial charge >= 0.3 is 0 Å². The normalized spacial score (nSPS) is 11.7. The largest absolute Gasteiger partial charge is 0.494 e. The van der Waals surface area contributed by atoms with Crippen LogP contribution in [-0.2, 0) is 9.59 Å². The van der Waals surface area contributed by atoms with Gasteiger partial charge in [0.1, 0.15) is 11.4 Å². The van der Waals surface area contributed by atoms with Crippen LogP contribution in [0.2, 0.25) is 0 Å². The molecule has 248 valence electrons. The Bertz CT molecular complexity index is 2000. The summed E-state index contributed by atoms with van der Waals surface area (Å²) in [6.45, 7) is 4.16. The maximum absolute atomic E-state index is 13.5. The maximum Gasteiger partial charge on any atom is 0.272 e. The fraction of sp³-hybridized carbons (Fsp3) is 0.111. The zero-order chi connectivity index (χ0) is 34.8. The highest BCUT2D eigenvalue weighted by Crippen LogP contribution is 2.30. The molecule has 1 heterocycles. The van der Waals surface area contributed by atoms with E-state index in [9.17, 15) is 24.5 Å². The van der Waals surface area contributed by atoms with Crippen LogP contribution in [-0.4, -0.2) is 39.5 Å². The van der Waals surface area contributed by atoms with Gasteiger partial charge in [-0.25, -0.2) is 4.98 Å². The van der Waals surface area contributed by atoms with Crippen molar-refractivity contribution in [2.75, 3.05) is 17.2 Å². The Hall–Kier alpha value is -5.79. The first-order chi connectivity index (χ1) is 23.7. The van der Waals surface area contributed by atoms with Gasteiger partial charge in [0, 0.05) is 39.2 Å². The van der Waals surface area contributed by atoms with E-state index in [0.29, 0.717) is 45.6 Å². The van der Waals surface area contributed by atoms with Crippen molar-refractivity contribution in [3.63, 3.8) is 0 Å². The van der Waals surface area contributed by atoms with Crippen molar-refractivity contribution in [3.05, 3.63) is 135 Å². The van der Waals surface area contributed by atoms with Gasteiger partial charge in [-0.2, -0.15) is 0 Å². The summed E-state index contributed by atoms with van der Waals surface area (Å²) in [5, 5.41) is 21.1. The summed E-state index contributed by atoms with van der Waals surface area (Å²) in [5.74, 6) is -0.569. The maximum atomic E-state index is 13.5. The van der Waals surface area contributed by atoms with Gasteiger partial charge in [0.2, 0.25) is 5.91 Å². The van der Waals surface area contributed by atoms with E-state index in [2.05, 4.69) is 20.9 Å². The Labute approximate surface area is 290 Å². The first-order valence-electron chi connectivity index (χ1n) is 15.1. The number of nitro groups is 1. The molecule has 0 aliphatic heterocycles. The van der Waals surface area contributed by atoms with Crippen LogP contribution in [0.1, 0.15) is 29.8 Å². The molecule has 0 saturated heterocycles. The summed E-state index contributed by atoms with van der Waals surface area (Å²) < 4.78 is 5.51. The summed E-state index contributed by atoms with van der Waals surface area (Å²) in [5.41, 5.74) is 2.64. The van der Waals surface area contributed by atoms with E-state index in [0.717, 1.165) is 4.90 Å². The molecule has 1 aromatic heterocycles. The number of amides is 3. The number of anilines is 2. The number of carbonyl (C=O) groups is 3. The Morgan fingerprint density at radius 3 is 2.45 bits per heavy atom. The SMILES string of the molecule is CCOc1ccc(/C=C(/NC(=O)c2ccccc2)C(=O)Nc2cccc(SC(C)C(=O)Nc3nc(-c4cccc([N+](=O)[O-])c4)cs3)c2)cc1.